The van der Waals surface area contributed by atoms with Crippen molar-refractivity contribution in [1.29, 1.82) is 0 Å². The summed E-state index contributed by atoms with van der Waals surface area (Å²) in [6.45, 7) is 5.62. The quantitative estimate of drug-likeness (QED) is 0.394. The van der Waals surface area contributed by atoms with E-state index in [0.29, 0.717) is 13.2 Å². The Kier molecular flexibility index (Phi) is 25.7. The first-order valence-electron chi connectivity index (χ1n) is 6.39. The monoisotopic (exact) mass is 358 g/mol. The summed E-state index contributed by atoms with van der Waals surface area (Å²) >= 11 is 9.00. The summed E-state index contributed by atoms with van der Waals surface area (Å²) in [4.78, 5) is 0. The molecule has 0 aliphatic rings. The van der Waals surface area contributed by atoms with Crippen molar-refractivity contribution >= 4 is 34.8 Å². The van der Waals surface area contributed by atoms with Crippen molar-refractivity contribution < 1.29 is 29.0 Å². The molecule has 0 saturated heterocycles. The molecule has 0 aliphatic heterocycles. The van der Waals surface area contributed by atoms with Crippen LogP contribution in [0.3, 0.4) is 0 Å². The Morgan fingerprint density at radius 2 is 1.11 bits per heavy atom. The average molecular weight is 360 g/mol. The van der Waals surface area contributed by atoms with Crippen LogP contribution in [0.5, 0.6) is 0 Å². The summed E-state index contributed by atoms with van der Waals surface area (Å²) in [7, 11) is 0. The van der Waals surface area contributed by atoms with Crippen molar-refractivity contribution in [3.63, 3.8) is 0 Å². The zero-order valence-electron chi connectivity index (χ0n) is 12.2. The van der Waals surface area contributed by atoms with Gasteiger partial charge >= 0.3 is 0 Å². The van der Waals surface area contributed by atoms with E-state index < -0.39 is 0 Å². The fourth-order valence-corrected chi connectivity index (χ4v) is 1.22. The molecule has 0 amide bonds. The number of ether oxygens (including phenoxy) is 2. The second kappa shape index (κ2) is 20.3. The number of hydrogen-bond acceptors (Lipinski definition) is 4. The molecule has 4 nitrogen and oxygen atoms in total. The number of hydrogen-bond donors (Lipinski definition) is 2. The first kappa shape index (κ1) is 24.1. The van der Waals surface area contributed by atoms with Gasteiger partial charge in [0.05, 0.1) is 13.2 Å². The third-order valence-electron chi connectivity index (χ3n) is 1.98. The fourth-order valence-electron chi connectivity index (χ4n) is 1.05. The molecule has 0 aromatic rings. The van der Waals surface area contributed by atoms with Crippen molar-refractivity contribution in [3.05, 3.63) is 0 Å². The van der Waals surface area contributed by atoms with Gasteiger partial charge in [0.1, 0.15) is 0 Å². The molecule has 0 atom stereocenters. The van der Waals surface area contributed by atoms with Gasteiger partial charge in [0.25, 0.3) is 10.3 Å². The molecule has 0 bridgehead atoms. The van der Waals surface area contributed by atoms with E-state index in [1.807, 2.05) is 0 Å². The molecular weight excluding hydrogens is 334 g/mol. The van der Waals surface area contributed by atoms with E-state index in [1.54, 1.807) is 0 Å². The molecule has 0 spiro atoms. The second-order valence-electron chi connectivity index (χ2n) is 3.75. The van der Waals surface area contributed by atoms with Crippen LogP contribution < -0.4 is 11.5 Å². The summed E-state index contributed by atoms with van der Waals surface area (Å²) < 4.78 is 9.71. The SMILES string of the molecule is CCCCCOC(N)=S.CCCCCOC(N)=S.[Zn]. The maximum atomic E-state index is 5.08. The molecule has 0 aliphatic carbocycles. The average Bonchev–Trinajstić information content (AvgIpc) is 2.31. The third-order valence-corrected chi connectivity index (χ3v) is 2.22. The summed E-state index contributed by atoms with van der Waals surface area (Å²) in [6.07, 6.45) is 6.86. The van der Waals surface area contributed by atoms with Crippen LogP contribution in [0.2, 0.25) is 0 Å². The van der Waals surface area contributed by atoms with E-state index in [-0.39, 0.29) is 29.8 Å². The van der Waals surface area contributed by atoms with Gasteiger partial charge < -0.3 is 20.9 Å². The van der Waals surface area contributed by atoms with Gasteiger partial charge in [-0.2, -0.15) is 0 Å². The molecule has 19 heavy (non-hydrogen) atoms. The van der Waals surface area contributed by atoms with E-state index in [2.05, 4.69) is 38.3 Å². The fraction of sp³-hybridized carbons (Fsp3) is 0.833. The summed E-state index contributed by atoms with van der Waals surface area (Å²) in [5.74, 6) is 0. The molecule has 4 N–H and O–H groups in total. The minimum absolute atomic E-state index is 0. The number of nitrogens with two attached hydrogens (primary N) is 2. The van der Waals surface area contributed by atoms with Crippen molar-refractivity contribution in [2.24, 2.45) is 11.5 Å². The zero-order chi connectivity index (χ0) is 14.2. The standard InChI is InChI=1S/2C6H13NOS.Zn/c2*1-2-3-4-5-8-6(7)9;/h2*2-5H2,1H3,(H2,7,9);. The van der Waals surface area contributed by atoms with E-state index in [9.17, 15) is 0 Å². The van der Waals surface area contributed by atoms with Crippen LogP contribution in [-0.4, -0.2) is 23.6 Å². The van der Waals surface area contributed by atoms with E-state index in [1.165, 1.54) is 25.7 Å². The summed E-state index contributed by atoms with van der Waals surface area (Å²) in [5, 5.41) is 0.317. The molecule has 0 aromatic carbocycles. The minimum Gasteiger partial charge on any atom is -0.471 e. The van der Waals surface area contributed by atoms with Gasteiger partial charge in [0.2, 0.25) is 0 Å². The Bertz CT molecular complexity index is 198. The molecule has 0 saturated carbocycles. The van der Waals surface area contributed by atoms with Crippen LogP contribution in [0, 0.1) is 0 Å². The Hall–Kier alpha value is 0.00338. The Balaban J connectivity index is -0.000000256. The van der Waals surface area contributed by atoms with Crippen molar-refractivity contribution in [2.45, 2.75) is 52.4 Å². The van der Waals surface area contributed by atoms with Gasteiger partial charge in [0, 0.05) is 19.5 Å². The first-order valence-corrected chi connectivity index (χ1v) is 7.20. The van der Waals surface area contributed by atoms with Crippen LogP contribution in [0.15, 0.2) is 0 Å². The Labute approximate surface area is 140 Å². The van der Waals surface area contributed by atoms with Crippen LogP contribution in [0.25, 0.3) is 0 Å². The molecule has 110 valence electrons. The smallest absolute Gasteiger partial charge is 0.253 e. The topological polar surface area (TPSA) is 70.5 Å². The second-order valence-corrected chi connectivity index (χ2v) is 4.55. The van der Waals surface area contributed by atoms with Crippen LogP contribution in [0.4, 0.5) is 0 Å². The predicted octanol–water partition coefficient (Wildman–Crippen LogP) is 2.87. The van der Waals surface area contributed by atoms with Gasteiger partial charge in [-0.15, -0.1) is 0 Å². The summed E-state index contributed by atoms with van der Waals surface area (Å²) in [6, 6.07) is 0. The maximum Gasteiger partial charge on any atom is 0.253 e. The van der Waals surface area contributed by atoms with Gasteiger partial charge in [-0.05, 0) is 37.3 Å². The first-order chi connectivity index (χ1) is 8.54. The van der Waals surface area contributed by atoms with Crippen molar-refractivity contribution in [1.82, 2.24) is 0 Å². The van der Waals surface area contributed by atoms with E-state index in [4.69, 9.17) is 20.9 Å². The van der Waals surface area contributed by atoms with Crippen LogP contribution >= 0.6 is 24.4 Å². The van der Waals surface area contributed by atoms with Crippen molar-refractivity contribution in [2.75, 3.05) is 13.2 Å². The molecular formula is C12H26N2O2S2Zn. The minimum atomic E-state index is 0. The molecule has 0 heterocycles. The largest absolute Gasteiger partial charge is 0.471 e. The predicted molar refractivity (Wildman–Crippen MR) is 84.5 cm³/mol. The van der Waals surface area contributed by atoms with Crippen LogP contribution in [-0.2, 0) is 29.0 Å². The number of rotatable bonds is 8. The van der Waals surface area contributed by atoms with Gasteiger partial charge in [0.15, 0.2) is 0 Å². The molecule has 0 radical (unpaired) electrons. The van der Waals surface area contributed by atoms with Crippen LogP contribution in [0.1, 0.15) is 52.4 Å². The zero-order valence-corrected chi connectivity index (χ0v) is 16.8. The molecule has 0 rings (SSSR count). The maximum absolute atomic E-state index is 5.08. The van der Waals surface area contributed by atoms with Gasteiger partial charge in [-0.1, -0.05) is 39.5 Å². The summed E-state index contributed by atoms with van der Waals surface area (Å²) in [5.41, 5.74) is 10.2. The van der Waals surface area contributed by atoms with Gasteiger partial charge in [-0.3, -0.25) is 0 Å². The Morgan fingerprint density at radius 3 is 1.32 bits per heavy atom. The molecule has 0 unspecified atom stereocenters. The van der Waals surface area contributed by atoms with E-state index >= 15 is 0 Å². The number of thiocarbonyl (C=S) groups is 2. The molecule has 0 aromatic heterocycles. The normalized spacial score (nSPS) is 8.53. The molecule has 0 fully saturated rings. The molecule has 7 heteroatoms. The van der Waals surface area contributed by atoms with Gasteiger partial charge in [-0.25, -0.2) is 0 Å². The Morgan fingerprint density at radius 1 is 0.789 bits per heavy atom. The third kappa shape index (κ3) is 32.0. The van der Waals surface area contributed by atoms with Crippen molar-refractivity contribution in [3.8, 4) is 0 Å². The van der Waals surface area contributed by atoms with E-state index in [0.717, 1.165) is 12.8 Å². The number of unbranched alkanes of at least 4 members (excludes halogenated alkanes) is 4.